The van der Waals surface area contributed by atoms with Gasteiger partial charge in [0.2, 0.25) is 0 Å². The number of pyridine rings is 1. The summed E-state index contributed by atoms with van der Waals surface area (Å²) in [5.74, 6) is -1.15. The topological polar surface area (TPSA) is 97.4 Å². The van der Waals surface area contributed by atoms with Gasteiger partial charge in [-0.3, -0.25) is 24.3 Å². The van der Waals surface area contributed by atoms with Crippen molar-refractivity contribution in [3.63, 3.8) is 0 Å². The van der Waals surface area contributed by atoms with Crippen molar-refractivity contribution in [1.29, 1.82) is 0 Å². The van der Waals surface area contributed by atoms with Crippen molar-refractivity contribution in [1.82, 2.24) is 9.88 Å². The molecule has 2 amide bonds. The average Bonchev–Trinajstić information content (AvgIpc) is 2.81. The van der Waals surface area contributed by atoms with Crippen LogP contribution in [0.5, 0.6) is 0 Å². The van der Waals surface area contributed by atoms with E-state index in [4.69, 9.17) is 5.73 Å². The lowest BCUT2D eigenvalue weighted by atomic mass is 10.1. The zero-order chi connectivity index (χ0) is 18.3. The number of hydrogen-bond acceptors (Lipinski definition) is 5. The number of amides is 2. The van der Waals surface area contributed by atoms with Crippen molar-refractivity contribution < 1.29 is 9.59 Å². The SMILES string of the molecule is Nc1c2c(cc(=O)n1-c1ccccc1N1CCCCCC1)C(=O)NC2=O. The molecule has 0 bridgehead atoms. The van der Waals surface area contributed by atoms with Crippen LogP contribution in [0.15, 0.2) is 35.1 Å². The zero-order valence-electron chi connectivity index (χ0n) is 14.3. The molecular weight excluding hydrogens is 332 g/mol. The van der Waals surface area contributed by atoms with Crippen molar-refractivity contribution in [3.05, 3.63) is 51.8 Å². The molecular formula is C19H20N4O3. The van der Waals surface area contributed by atoms with E-state index in [-0.39, 0.29) is 16.9 Å². The van der Waals surface area contributed by atoms with E-state index in [0.29, 0.717) is 5.69 Å². The number of hydrogen-bond donors (Lipinski definition) is 2. The highest BCUT2D eigenvalue weighted by Gasteiger charge is 2.32. The van der Waals surface area contributed by atoms with Crippen molar-refractivity contribution in [3.8, 4) is 5.69 Å². The Kier molecular flexibility index (Phi) is 3.99. The van der Waals surface area contributed by atoms with E-state index >= 15 is 0 Å². The van der Waals surface area contributed by atoms with Gasteiger partial charge >= 0.3 is 0 Å². The molecule has 0 aliphatic carbocycles. The van der Waals surface area contributed by atoms with E-state index in [9.17, 15) is 14.4 Å². The lowest BCUT2D eigenvalue weighted by Crippen LogP contribution is -2.29. The van der Waals surface area contributed by atoms with Gasteiger partial charge in [0.25, 0.3) is 17.4 Å². The summed E-state index contributed by atoms with van der Waals surface area (Å²) < 4.78 is 1.33. The third kappa shape index (κ3) is 2.56. The highest BCUT2D eigenvalue weighted by Crippen LogP contribution is 2.30. The van der Waals surface area contributed by atoms with Gasteiger partial charge in [-0.15, -0.1) is 0 Å². The first-order valence-electron chi connectivity index (χ1n) is 8.83. The van der Waals surface area contributed by atoms with Gasteiger partial charge in [-0.2, -0.15) is 0 Å². The summed E-state index contributed by atoms with van der Waals surface area (Å²) in [7, 11) is 0. The maximum Gasteiger partial charge on any atom is 0.262 e. The number of carbonyl (C=O) groups is 2. The first-order valence-corrected chi connectivity index (χ1v) is 8.83. The number of anilines is 2. The molecule has 2 aliphatic heterocycles. The van der Waals surface area contributed by atoms with Crippen LogP contribution in [0.1, 0.15) is 46.4 Å². The molecule has 3 heterocycles. The summed E-state index contributed by atoms with van der Waals surface area (Å²) in [6.45, 7) is 1.82. The normalized spacial score (nSPS) is 17.0. The van der Waals surface area contributed by atoms with E-state index in [2.05, 4.69) is 10.2 Å². The van der Waals surface area contributed by atoms with Crippen molar-refractivity contribution in [2.24, 2.45) is 0 Å². The second-order valence-corrected chi connectivity index (χ2v) is 6.67. The summed E-state index contributed by atoms with van der Waals surface area (Å²) in [4.78, 5) is 38.9. The fraction of sp³-hybridized carbons (Fsp3) is 0.316. The maximum atomic E-state index is 12.7. The number of nitrogens with zero attached hydrogens (tertiary/aromatic N) is 2. The number of para-hydroxylation sites is 2. The molecule has 0 atom stereocenters. The minimum atomic E-state index is -0.582. The van der Waals surface area contributed by atoms with Gasteiger partial charge < -0.3 is 10.6 Å². The summed E-state index contributed by atoms with van der Waals surface area (Å²) in [6.07, 6.45) is 4.59. The second kappa shape index (κ2) is 6.33. The number of rotatable bonds is 2. The van der Waals surface area contributed by atoms with E-state index in [1.165, 1.54) is 23.5 Å². The van der Waals surface area contributed by atoms with Crippen LogP contribution in [-0.4, -0.2) is 29.5 Å². The van der Waals surface area contributed by atoms with Gasteiger partial charge in [0, 0.05) is 19.2 Å². The summed E-state index contributed by atoms with van der Waals surface area (Å²) in [6, 6.07) is 8.73. The van der Waals surface area contributed by atoms with Crippen LogP contribution in [0.3, 0.4) is 0 Å². The number of nitrogens with one attached hydrogen (secondary N) is 1. The van der Waals surface area contributed by atoms with Crippen molar-refractivity contribution in [2.45, 2.75) is 25.7 Å². The molecule has 1 saturated heterocycles. The molecule has 2 aliphatic rings. The Hall–Kier alpha value is -3.09. The Morgan fingerprint density at radius 1 is 0.885 bits per heavy atom. The molecule has 0 radical (unpaired) electrons. The molecule has 0 saturated carbocycles. The molecule has 3 N–H and O–H groups in total. The molecule has 0 spiro atoms. The number of aromatic nitrogens is 1. The zero-order valence-corrected chi connectivity index (χ0v) is 14.3. The highest BCUT2D eigenvalue weighted by atomic mass is 16.2. The molecule has 7 heteroatoms. The Morgan fingerprint density at radius 3 is 2.23 bits per heavy atom. The lowest BCUT2D eigenvalue weighted by Gasteiger charge is -2.26. The van der Waals surface area contributed by atoms with Gasteiger partial charge in [-0.1, -0.05) is 25.0 Å². The van der Waals surface area contributed by atoms with E-state index in [0.717, 1.165) is 31.6 Å². The number of carbonyl (C=O) groups excluding carboxylic acids is 2. The predicted octanol–water partition coefficient (Wildman–Crippen LogP) is 1.68. The quantitative estimate of drug-likeness (QED) is 0.802. The molecule has 1 aromatic heterocycles. The largest absolute Gasteiger partial charge is 0.384 e. The van der Waals surface area contributed by atoms with Gasteiger partial charge in [0.1, 0.15) is 5.82 Å². The summed E-state index contributed by atoms with van der Waals surface area (Å²) >= 11 is 0. The smallest absolute Gasteiger partial charge is 0.262 e. The number of fused-ring (bicyclic) bond motifs is 1. The molecule has 134 valence electrons. The second-order valence-electron chi connectivity index (χ2n) is 6.67. The van der Waals surface area contributed by atoms with E-state index in [1.54, 1.807) is 0 Å². The molecule has 26 heavy (non-hydrogen) atoms. The number of nitrogens with two attached hydrogens (primary N) is 1. The van der Waals surface area contributed by atoms with E-state index in [1.807, 2.05) is 24.3 Å². The molecule has 2 aromatic rings. The lowest BCUT2D eigenvalue weighted by molar-refractivity contribution is 0.0880. The third-order valence-corrected chi connectivity index (χ3v) is 5.02. The van der Waals surface area contributed by atoms with Crippen molar-refractivity contribution >= 4 is 23.3 Å². The summed E-state index contributed by atoms with van der Waals surface area (Å²) in [5.41, 5.74) is 7.41. The molecule has 0 unspecified atom stereocenters. The van der Waals surface area contributed by atoms with Gasteiger partial charge in [-0.25, -0.2) is 0 Å². The van der Waals surface area contributed by atoms with Crippen LogP contribution in [0.25, 0.3) is 5.69 Å². The van der Waals surface area contributed by atoms with Crippen molar-refractivity contribution in [2.75, 3.05) is 23.7 Å². The molecule has 4 rings (SSSR count). The number of benzene rings is 1. The van der Waals surface area contributed by atoms with Crippen LogP contribution < -0.4 is 21.5 Å². The predicted molar refractivity (Wildman–Crippen MR) is 98.9 cm³/mol. The van der Waals surface area contributed by atoms with Crippen LogP contribution >= 0.6 is 0 Å². The average molecular weight is 352 g/mol. The van der Waals surface area contributed by atoms with Gasteiger partial charge in [0.05, 0.1) is 22.5 Å². The Labute approximate surface area is 150 Å². The van der Waals surface area contributed by atoms with Gasteiger partial charge in [0.15, 0.2) is 0 Å². The summed E-state index contributed by atoms with van der Waals surface area (Å²) in [5, 5.41) is 2.19. The van der Waals surface area contributed by atoms with E-state index < -0.39 is 17.4 Å². The maximum absolute atomic E-state index is 12.7. The van der Waals surface area contributed by atoms with Crippen LogP contribution in [0, 0.1) is 0 Å². The Morgan fingerprint density at radius 2 is 1.54 bits per heavy atom. The van der Waals surface area contributed by atoms with Crippen LogP contribution in [0.4, 0.5) is 11.5 Å². The number of nitrogen functional groups attached to an aromatic ring is 1. The van der Waals surface area contributed by atoms with Gasteiger partial charge in [-0.05, 0) is 25.0 Å². The Balaban J connectivity index is 1.90. The molecule has 1 aromatic carbocycles. The molecule has 7 nitrogen and oxygen atoms in total. The van der Waals surface area contributed by atoms with Crippen LogP contribution in [-0.2, 0) is 0 Å². The minimum absolute atomic E-state index is 0.00174. The monoisotopic (exact) mass is 352 g/mol. The fourth-order valence-electron chi connectivity index (χ4n) is 3.76. The standard InChI is InChI=1S/C19H20N4O3/c20-17-16-12(18(25)21-19(16)26)11-15(24)23(17)14-8-4-3-7-13(14)22-9-5-1-2-6-10-22/h3-4,7-8,11H,1-2,5-6,9-10,20H2,(H,21,25,26). The highest BCUT2D eigenvalue weighted by molar-refractivity contribution is 6.23. The fourth-order valence-corrected chi connectivity index (χ4v) is 3.76. The number of imide groups is 1. The Bertz CT molecular complexity index is 956. The third-order valence-electron chi connectivity index (χ3n) is 5.02. The van der Waals surface area contributed by atoms with Crippen LogP contribution in [0.2, 0.25) is 0 Å². The molecule has 1 fully saturated rings. The first-order chi connectivity index (χ1) is 12.6. The minimum Gasteiger partial charge on any atom is -0.384 e. The first kappa shape index (κ1) is 16.4.